The SMILES string of the molecule is CSCC[C@H](NC(=O)[C@H](CCC(N)=O)NC(=O)[C@H](CCCCN)NC(=O)[C@@H](N)Cc1c[nH]c2ccccc12)C(=O)N[C@@H](CO)C(=O)N[C@H](C(=O)N[C@@H](Cc1c[nH]c2ccccc12)C(N)=O)C(C)C. The first-order chi connectivity index (χ1) is 32.5. The van der Waals surface area contributed by atoms with Gasteiger partial charge in [-0.1, -0.05) is 50.2 Å². The molecule has 21 nitrogen and oxygen atoms in total. The monoisotopic (exact) mass is 962 g/mol. The van der Waals surface area contributed by atoms with E-state index in [1.165, 1.54) is 11.8 Å². The van der Waals surface area contributed by atoms with Crippen molar-refractivity contribution in [3.8, 4) is 0 Å². The number of carbonyl (C=O) groups is 8. The highest BCUT2D eigenvalue weighted by molar-refractivity contribution is 7.98. The van der Waals surface area contributed by atoms with Crippen LogP contribution >= 0.6 is 11.8 Å². The number of amides is 8. The van der Waals surface area contributed by atoms with E-state index in [0.717, 1.165) is 32.9 Å². The van der Waals surface area contributed by atoms with E-state index in [4.69, 9.17) is 22.9 Å². The number of aromatic nitrogens is 2. The Morgan fingerprint density at radius 1 is 0.618 bits per heavy atom. The Morgan fingerprint density at radius 2 is 1.10 bits per heavy atom. The van der Waals surface area contributed by atoms with Crippen LogP contribution < -0.4 is 54.8 Å². The fourth-order valence-electron chi connectivity index (χ4n) is 7.53. The number of fused-ring (bicyclic) bond motifs is 2. The average molecular weight is 963 g/mol. The Balaban J connectivity index is 1.44. The number of para-hydroxylation sites is 2. The van der Waals surface area contributed by atoms with Crippen LogP contribution in [0.4, 0.5) is 0 Å². The minimum absolute atomic E-state index is 0.0308. The molecule has 0 fully saturated rings. The van der Waals surface area contributed by atoms with Gasteiger partial charge in [-0.05, 0) is 86.3 Å². The van der Waals surface area contributed by atoms with Crippen LogP contribution in [-0.4, -0.2) is 130 Å². The summed E-state index contributed by atoms with van der Waals surface area (Å²) in [6, 6.07) is 5.98. The number of nitrogens with one attached hydrogen (secondary N) is 8. The number of hydrogen-bond acceptors (Lipinski definition) is 12. The van der Waals surface area contributed by atoms with Gasteiger partial charge in [-0.15, -0.1) is 0 Å². The molecule has 0 spiro atoms. The van der Waals surface area contributed by atoms with Gasteiger partial charge >= 0.3 is 0 Å². The van der Waals surface area contributed by atoms with Crippen molar-refractivity contribution < 1.29 is 43.5 Å². The Hall–Kier alpha value is -6.49. The van der Waals surface area contributed by atoms with Crippen molar-refractivity contribution in [2.75, 3.05) is 25.2 Å². The van der Waals surface area contributed by atoms with E-state index < -0.39 is 102 Å². The van der Waals surface area contributed by atoms with Gasteiger partial charge < -0.3 is 69.9 Å². The summed E-state index contributed by atoms with van der Waals surface area (Å²) >= 11 is 1.35. The predicted octanol–water partition coefficient (Wildman–Crippen LogP) is -1.05. The van der Waals surface area contributed by atoms with Crippen LogP contribution in [0.5, 0.6) is 0 Å². The maximum absolute atomic E-state index is 14.0. The number of nitrogens with two attached hydrogens (primary N) is 4. The average Bonchev–Trinajstić information content (AvgIpc) is 3.92. The zero-order chi connectivity index (χ0) is 49.9. The summed E-state index contributed by atoms with van der Waals surface area (Å²) in [5.74, 6) is -6.56. The number of thioether (sulfide) groups is 1. The van der Waals surface area contributed by atoms with E-state index in [2.05, 4.69) is 41.9 Å². The number of primary amides is 2. The van der Waals surface area contributed by atoms with Crippen molar-refractivity contribution in [2.45, 2.75) is 108 Å². The first-order valence-corrected chi connectivity index (χ1v) is 23.9. The van der Waals surface area contributed by atoms with Crippen molar-refractivity contribution >= 4 is 80.8 Å². The molecule has 0 aliphatic heterocycles. The van der Waals surface area contributed by atoms with Crippen molar-refractivity contribution in [1.82, 2.24) is 41.9 Å². The van der Waals surface area contributed by atoms with Crippen LogP contribution in [0.1, 0.15) is 63.5 Å². The van der Waals surface area contributed by atoms with Gasteiger partial charge in [0.25, 0.3) is 0 Å². The molecule has 2 heterocycles. The van der Waals surface area contributed by atoms with Gasteiger partial charge in [-0.2, -0.15) is 11.8 Å². The van der Waals surface area contributed by atoms with E-state index in [1.54, 1.807) is 32.5 Å². The van der Waals surface area contributed by atoms with Crippen LogP contribution in [0.15, 0.2) is 60.9 Å². The number of unbranched alkanes of at least 4 members (excludes halogenated alkanes) is 1. The molecule has 0 saturated heterocycles. The molecule has 68 heavy (non-hydrogen) atoms. The maximum atomic E-state index is 14.0. The zero-order valence-electron chi connectivity index (χ0n) is 38.6. The molecule has 2 aromatic heterocycles. The highest BCUT2D eigenvalue weighted by atomic mass is 32.2. The van der Waals surface area contributed by atoms with Crippen molar-refractivity contribution in [1.29, 1.82) is 0 Å². The minimum Gasteiger partial charge on any atom is -0.394 e. The molecule has 2 aromatic carbocycles. The Kier molecular flexibility index (Phi) is 21.3. The molecule has 0 unspecified atom stereocenters. The number of aliphatic hydroxyl groups is 1. The summed E-state index contributed by atoms with van der Waals surface area (Å²) in [4.78, 5) is 113. The van der Waals surface area contributed by atoms with Crippen LogP contribution in [0.2, 0.25) is 0 Å². The number of carbonyl (C=O) groups excluding carboxylic acids is 8. The van der Waals surface area contributed by atoms with E-state index in [0.29, 0.717) is 25.1 Å². The highest BCUT2D eigenvalue weighted by Gasteiger charge is 2.34. The number of aromatic amines is 2. The fraction of sp³-hybridized carbons (Fsp3) is 0.478. The van der Waals surface area contributed by atoms with Crippen molar-refractivity contribution in [3.63, 3.8) is 0 Å². The normalized spacial score (nSPS) is 14.5. The number of rotatable bonds is 29. The van der Waals surface area contributed by atoms with Gasteiger partial charge in [0.1, 0.15) is 36.3 Å². The molecular weight excluding hydrogens is 897 g/mol. The molecule has 370 valence electrons. The molecule has 7 atom stereocenters. The van der Waals surface area contributed by atoms with Gasteiger partial charge in [0.2, 0.25) is 47.3 Å². The molecule has 0 aliphatic rings. The van der Waals surface area contributed by atoms with Crippen LogP contribution in [0, 0.1) is 5.92 Å². The predicted molar refractivity (Wildman–Crippen MR) is 259 cm³/mol. The largest absolute Gasteiger partial charge is 0.394 e. The summed E-state index contributed by atoms with van der Waals surface area (Å²) < 4.78 is 0. The smallest absolute Gasteiger partial charge is 0.245 e. The molecular formula is C46H66N12O9S. The van der Waals surface area contributed by atoms with Crippen molar-refractivity contribution in [3.05, 3.63) is 72.1 Å². The Morgan fingerprint density at radius 3 is 1.62 bits per heavy atom. The van der Waals surface area contributed by atoms with Gasteiger partial charge in [0.05, 0.1) is 12.6 Å². The lowest BCUT2D eigenvalue weighted by atomic mass is 10.0. The maximum Gasteiger partial charge on any atom is 0.245 e. The number of benzene rings is 2. The molecule has 0 saturated carbocycles. The molecule has 0 aliphatic carbocycles. The van der Waals surface area contributed by atoms with Gasteiger partial charge in [-0.25, -0.2) is 0 Å². The second-order valence-corrected chi connectivity index (χ2v) is 17.9. The molecule has 0 bridgehead atoms. The van der Waals surface area contributed by atoms with Gasteiger partial charge in [0.15, 0.2) is 0 Å². The molecule has 8 amide bonds. The summed E-state index contributed by atoms with van der Waals surface area (Å²) in [6.45, 7) is 2.71. The third-order valence-corrected chi connectivity index (χ3v) is 12.1. The molecule has 0 radical (unpaired) electrons. The first-order valence-electron chi connectivity index (χ1n) is 22.5. The lowest BCUT2D eigenvalue weighted by Crippen LogP contribution is -2.61. The number of H-pyrrole nitrogens is 2. The molecule has 4 aromatic rings. The van der Waals surface area contributed by atoms with Crippen LogP contribution in [-0.2, 0) is 51.2 Å². The molecule has 4 rings (SSSR count). The van der Waals surface area contributed by atoms with E-state index in [9.17, 15) is 43.5 Å². The standard InChI is InChI=1S/C46H66N12O9S/c1-25(2)39(46(67)56-36(40(50)61)21-27-23-52-32-13-7-5-11-29(27)32)58-45(66)37(24-59)57-44(65)35(17-19-68-3)55-43(64)34(15-16-38(49)60)54-42(63)33(14-8-9-18-47)53-41(62)30(48)20-26-22-51-31-12-6-4-10-28(26)31/h4-7,10-13,22-23,25,30,33-37,39,51-52,59H,8-9,14-21,24,47-48H2,1-3H3,(H2,49,60)(H2,50,61)(H,53,62)(H,54,63)(H,55,64)(H,56,67)(H,57,65)(H,58,66)/t30-,33-,34-,35-,36-,37-,39-/m0/s1. The Labute approximate surface area is 398 Å². The van der Waals surface area contributed by atoms with Gasteiger partial charge in [-0.3, -0.25) is 38.4 Å². The molecule has 22 heteroatoms. The van der Waals surface area contributed by atoms with Gasteiger partial charge in [0, 0.05) is 47.0 Å². The van der Waals surface area contributed by atoms with Crippen LogP contribution in [0.3, 0.4) is 0 Å². The third-order valence-electron chi connectivity index (χ3n) is 11.4. The molecule has 17 N–H and O–H groups in total. The second-order valence-electron chi connectivity index (χ2n) is 16.9. The highest BCUT2D eigenvalue weighted by Crippen LogP contribution is 2.21. The van der Waals surface area contributed by atoms with E-state index >= 15 is 0 Å². The minimum atomic E-state index is -1.60. The lowest BCUT2D eigenvalue weighted by molar-refractivity contribution is -0.136. The van der Waals surface area contributed by atoms with Crippen molar-refractivity contribution in [2.24, 2.45) is 28.9 Å². The van der Waals surface area contributed by atoms with Crippen LogP contribution in [0.25, 0.3) is 21.8 Å². The second kappa shape index (κ2) is 26.7. The summed E-state index contributed by atoms with van der Waals surface area (Å²) in [6.07, 6.45) is 5.98. The van der Waals surface area contributed by atoms with E-state index in [1.807, 2.05) is 48.5 Å². The summed E-state index contributed by atoms with van der Waals surface area (Å²) in [5, 5.41) is 27.5. The number of aliphatic hydroxyl groups excluding tert-OH is 1. The Bertz CT molecular complexity index is 2370. The summed E-state index contributed by atoms with van der Waals surface area (Å²) in [5.41, 5.74) is 26.4. The topological polar surface area (TPSA) is 365 Å². The lowest BCUT2D eigenvalue weighted by Gasteiger charge is -2.28. The zero-order valence-corrected chi connectivity index (χ0v) is 39.4. The summed E-state index contributed by atoms with van der Waals surface area (Å²) in [7, 11) is 0. The number of hydrogen-bond donors (Lipinski definition) is 13. The third kappa shape index (κ3) is 15.8. The first kappa shape index (κ1) is 54.1. The van der Waals surface area contributed by atoms with E-state index in [-0.39, 0.29) is 38.5 Å². The quantitative estimate of drug-likeness (QED) is 0.0290. The fourth-order valence-corrected chi connectivity index (χ4v) is 8.01.